The molecule has 0 aliphatic carbocycles. The van der Waals surface area contributed by atoms with Gasteiger partial charge in [-0.25, -0.2) is 0 Å². The summed E-state index contributed by atoms with van der Waals surface area (Å²) in [7, 11) is 0. The van der Waals surface area contributed by atoms with E-state index in [1.165, 1.54) is 5.56 Å². The Morgan fingerprint density at radius 1 is 1.04 bits per heavy atom. The summed E-state index contributed by atoms with van der Waals surface area (Å²) in [5.41, 5.74) is 6.14. The van der Waals surface area contributed by atoms with Crippen LogP contribution in [0.25, 0.3) is 5.70 Å². The van der Waals surface area contributed by atoms with Crippen LogP contribution in [0.2, 0.25) is 0 Å². The first-order valence-corrected chi connectivity index (χ1v) is 8.06. The second-order valence-corrected chi connectivity index (χ2v) is 7.03. The van der Waals surface area contributed by atoms with Gasteiger partial charge in [-0.2, -0.15) is 0 Å². The Hall–Kier alpha value is -2.35. The molecule has 1 N–H and O–H groups in total. The number of carbonyl (C=O) groups excluding carboxylic acids is 1. The van der Waals surface area contributed by atoms with Crippen molar-refractivity contribution in [1.82, 2.24) is 5.32 Å². The average Bonchev–Trinajstić information content (AvgIpc) is 2.45. The lowest BCUT2D eigenvalue weighted by atomic mass is 9.85. The van der Waals surface area contributed by atoms with Gasteiger partial charge in [0.1, 0.15) is 0 Å². The van der Waals surface area contributed by atoms with Crippen LogP contribution in [0.3, 0.4) is 0 Å². The van der Waals surface area contributed by atoms with Gasteiger partial charge in [0, 0.05) is 28.4 Å². The average molecular weight is 305 g/mol. The van der Waals surface area contributed by atoms with Crippen molar-refractivity contribution in [2.45, 2.75) is 39.7 Å². The molecular formula is C21H23NO. The highest BCUT2D eigenvalue weighted by Crippen LogP contribution is 2.30. The molecule has 0 spiro atoms. The van der Waals surface area contributed by atoms with Gasteiger partial charge in [0.2, 0.25) is 0 Å². The number of ketones is 1. The largest absolute Gasteiger partial charge is 0.379 e. The maximum atomic E-state index is 12.9. The predicted molar refractivity (Wildman–Crippen MR) is 95.6 cm³/mol. The molecule has 1 aliphatic heterocycles. The van der Waals surface area contributed by atoms with Gasteiger partial charge in [0.25, 0.3) is 0 Å². The Labute approximate surface area is 138 Å². The zero-order valence-electron chi connectivity index (χ0n) is 14.2. The minimum Gasteiger partial charge on any atom is -0.379 e. The molecule has 2 aromatic rings. The molecule has 0 atom stereocenters. The molecule has 0 saturated heterocycles. The zero-order valence-corrected chi connectivity index (χ0v) is 14.2. The van der Waals surface area contributed by atoms with Crippen molar-refractivity contribution in [1.29, 1.82) is 0 Å². The first-order valence-electron chi connectivity index (χ1n) is 8.06. The van der Waals surface area contributed by atoms with E-state index in [1.54, 1.807) is 6.08 Å². The van der Waals surface area contributed by atoms with Gasteiger partial charge in [-0.1, -0.05) is 42.5 Å². The fourth-order valence-electron chi connectivity index (χ4n) is 3.41. The van der Waals surface area contributed by atoms with Crippen LogP contribution in [0.15, 0.2) is 48.5 Å². The number of aryl methyl sites for hydroxylation is 2. The van der Waals surface area contributed by atoms with Crippen molar-refractivity contribution in [3.63, 3.8) is 0 Å². The van der Waals surface area contributed by atoms with Gasteiger partial charge < -0.3 is 5.32 Å². The van der Waals surface area contributed by atoms with Gasteiger partial charge in [-0.05, 0) is 50.8 Å². The summed E-state index contributed by atoms with van der Waals surface area (Å²) in [6, 6.07) is 14.3. The SMILES string of the molecule is Cc1cccc(C)c1C(=O)C=C1NC(C)(C)Cc2ccccc21. The standard InChI is InChI=1S/C21H23NO/c1-14-8-7-9-15(2)20(14)19(23)12-18-17-11-6-5-10-16(17)13-21(3,4)22-18/h5-12,22H,13H2,1-4H3. The molecule has 118 valence electrons. The number of hydrogen-bond donors (Lipinski definition) is 1. The zero-order chi connectivity index (χ0) is 16.6. The molecule has 2 heteroatoms. The maximum Gasteiger partial charge on any atom is 0.188 e. The molecule has 0 radical (unpaired) electrons. The summed E-state index contributed by atoms with van der Waals surface area (Å²) < 4.78 is 0. The van der Waals surface area contributed by atoms with Crippen LogP contribution in [-0.4, -0.2) is 11.3 Å². The number of rotatable bonds is 2. The van der Waals surface area contributed by atoms with Crippen molar-refractivity contribution < 1.29 is 4.79 Å². The van der Waals surface area contributed by atoms with E-state index >= 15 is 0 Å². The third-order valence-corrected chi connectivity index (χ3v) is 4.42. The molecule has 0 bridgehead atoms. The van der Waals surface area contributed by atoms with Crippen LogP contribution in [0.4, 0.5) is 0 Å². The van der Waals surface area contributed by atoms with Crippen LogP contribution < -0.4 is 5.32 Å². The van der Waals surface area contributed by atoms with E-state index in [4.69, 9.17) is 0 Å². The van der Waals surface area contributed by atoms with Crippen LogP contribution in [0, 0.1) is 13.8 Å². The first kappa shape index (κ1) is 15.5. The molecular weight excluding hydrogens is 282 g/mol. The fraction of sp³-hybridized carbons (Fsp3) is 0.286. The lowest BCUT2D eigenvalue weighted by Crippen LogP contribution is -2.43. The van der Waals surface area contributed by atoms with Crippen molar-refractivity contribution >= 4 is 11.5 Å². The lowest BCUT2D eigenvalue weighted by molar-refractivity contribution is 0.104. The van der Waals surface area contributed by atoms with Crippen LogP contribution >= 0.6 is 0 Å². The number of benzene rings is 2. The highest BCUT2D eigenvalue weighted by atomic mass is 16.1. The Bertz CT molecular complexity index is 779. The second kappa shape index (κ2) is 5.69. The highest BCUT2D eigenvalue weighted by molar-refractivity contribution is 6.10. The van der Waals surface area contributed by atoms with Gasteiger partial charge in [-0.15, -0.1) is 0 Å². The molecule has 3 rings (SSSR count). The minimum atomic E-state index is -0.0543. The van der Waals surface area contributed by atoms with Crippen LogP contribution in [0.1, 0.15) is 46.5 Å². The Morgan fingerprint density at radius 3 is 2.39 bits per heavy atom. The third-order valence-electron chi connectivity index (χ3n) is 4.42. The van der Waals surface area contributed by atoms with E-state index in [0.29, 0.717) is 0 Å². The van der Waals surface area contributed by atoms with Crippen molar-refractivity contribution in [2.24, 2.45) is 0 Å². The van der Waals surface area contributed by atoms with E-state index in [9.17, 15) is 4.79 Å². The Balaban J connectivity index is 2.07. The summed E-state index contributed by atoms with van der Waals surface area (Å²) in [5, 5.41) is 3.53. The third kappa shape index (κ3) is 3.07. The number of carbonyl (C=O) groups is 1. The fourth-order valence-corrected chi connectivity index (χ4v) is 3.41. The summed E-state index contributed by atoms with van der Waals surface area (Å²) in [4.78, 5) is 12.9. The normalized spacial score (nSPS) is 17.5. The van der Waals surface area contributed by atoms with E-state index in [-0.39, 0.29) is 11.3 Å². The number of nitrogens with one attached hydrogen (secondary N) is 1. The first-order chi connectivity index (χ1) is 10.9. The monoisotopic (exact) mass is 305 g/mol. The van der Waals surface area contributed by atoms with Crippen molar-refractivity contribution in [3.05, 3.63) is 76.4 Å². The van der Waals surface area contributed by atoms with E-state index in [2.05, 4.69) is 37.4 Å². The molecule has 1 heterocycles. The van der Waals surface area contributed by atoms with Crippen LogP contribution in [0.5, 0.6) is 0 Å². The van der Waals surface area contributed by atoms with E-state index in [1.807, 2.05) is 38.1 Å². The van der Waals surface area contributed by atoms with E-state index in [0.717, 1.165) is 34.4 Å². The quantitative estimate of drug-likeness (QED) is 0.656. The summed E-state index contributed by atoms with van der Waals surface area (Å²) in [5.74, 6) is 0.0654. The Morgan fingerprint density at radius 2 is 1.70 bits per heavy atom. The number of hydrogen-bond acceptors (Lipinski definition) is 2. The predicted octanol–water partition coefficient (Wildman–Crippen LogP) is 4.45. The molecule has 0 aromatic heterocycles. The van der Waals surface area contributed by atoms with Crippen LogP contribution in [-0.2, 0) is 6.42 Å². The molecule has 0 amide bonds. The molecule has 0 unspecified atom stereocenters. The maximum absolute atomic E-state index is 12.9. The Kier molecular flexibility index (Phi) is 3.85. The topological polar surface area (TPSA) is 29.1 Å². The number of allylic oxidation sites excluding steroid dienone is 1. The highest BCUT2D eigenvalue weighted by Gasteiger charge is 2.27. The van der Waals surface area contributed by atoms with Gasteiger partial charge in [-0.3, -0.25) is 4.79 Å². The van der Waals surface area contributed by atoms with Crippen molar-refractivity contribution in [3.8, 4) is 0 Å². The number of fused-ring (bicyclic) bond motifs is 1. The minimum absolute atomic E-state index is 0.0543. The molecule has 0 fully saturated rings. The molecule has 2 aromatic carbocycles. The van der Waals surface area contributed by atoms with Gasteiger partial charge in [0.05, 0.1) is 0 Å². The molecule has 2 nitrogen and oxygen atoms in total. The van der Waals surface area contributed by atoms with Crippen molar-refractivity contribution in [2.75, 3.05) is 0 Å². The van der Waals surface area contributed by atoms with E-state index < -0.39 is 0 Å². The summed E-state index contributed by atoms with van der Waals surface area (Å²) >= 11 is 0. The lowest BCUT2D eigenvalue weighted by Gasteiger charge is -2.35. The summed E-state index contributed by atoms with van der Waals surface area (Å²) in [6.45, 7) is 8.32. The molecule has 0 saturated carbocycles. The van der Waals surface area contributed by atoms with Gasteiger partial charge in [0.15, 0.2) is 5.78 Å². The summed E-state index contributed by atoms with van der Waals surface area (Å²) in [6.07, 6.45) is 2.72. The smallest absolute Gasteiger partial charge is 0.188 e. The molecule has 23 heavy (non-hydrogen) atoms. The molecule has 1 aliphatic rings. The van der Waals surface area contributed by atoms with Gasteiger partial charge >= 0.3 is 0 Å². The second-order valence-electron chi connectivity index (χ2n) is 7.03.